The van der Waals surface area contributed by atoms with E-state index in [4.69, 9.17) is 0 Å². The predicted molar refractivity (Wildman–Crippen MR) is 70.7 cm³/mol. The number of hydrogen-bond donors (Lipinski definition) is 0. The van der Waals surface area contributed by atoms with Crippen molar-refractivity contribution in [1.29, 1.82) is 0 Å². The van der Waals surface area contributed by atoms with Gasteiger partial charge in [0.05, 0.1) is 5.69 Å². The van der Waals surface area contributed by atoms with E-state index in [0.717, 1.165) is 42.3 Å². The van der Waals surface area contributed by atoms with Crippen molar-refractivity contribution in [2.24, 2.45) is 0 Å². The summed E-state index contributed by atoms with van der Waals surface area (Å²) in [6.45, 7) is 5.92. The molecule has 96 valence electrons. The van der Waals surface area contributed by atoms with Crippen molar-refractivity contribution in [3.63, 3.8) is 0 Å². The molecule has 0 saturated carbocycles. The topological polar surface area (TPSA) is 62.5 Å². The highest BCUT2D eigenvalue weighted by Crippen LogP contribution is 2.23. The van der Waals surface area contributed by atoms with E-state index in [9.17, 15) is 0 Å². The van der Waals surface area contributed by atoms with Gasteiger partial charge in [-0.25, -0.2) is 4.98 Å². The number of likely N-dealkylation sites (N-methyl/N-ethyl adjacent to an activating group) is 1. The zero-order valence-corrected chi connectivity index (χ0v) is 11.9. The summed E-state index contributed by atoms with van der Waals surface area (Å²) in [5, 5.41) is 11.8. The number of anilines is 1. The number of aromatic nitrogens is 5. The third kappa shape index (κ3) is 1.85. The molecule has 2 aromatic heterocycles. The number of halogens is 1. The van der Waals surface area contributed by atoms with E-state index in [0.29, 0.717) is 5.65 Å². The first-order valence-corrected chi connectivity index (χ1v) is 6.64. The van der Waals surface area contributed by atoms with Crippen LogP contribution in [0.15, 0.2) is 4.60 Å². The Kier molecular flexibility index (Phi) is 2.90. The SMILES string of the molecule is Cc1nc(N2CCN(C)CC2)c2nnnn2c1Br. The van der Waals surface area contributed by atoms with Gasteiger partial charge in [-0.05, 0) is 40.3 Å². The van der Waals surface area contributed by atoms with Crippen LogP contribution in [0.4, 0.5) is 5.82 Å². The van der Waals surface area contributed by atoms with Crippen molar-refractivity contribution < 1.29 is 0 Å². The lowest BCUT2D eigenvalue weighted by atomic mass is 10.3. The predicted octanol–water partition coefficient (Wildman–Crippen LogP) is 0.342. The van der Waals surface area contributed by atoms with Crippen LogP contribution in [0.25, 0.3) is 5.65 Å². The summed E-state index contributed by atoms with van der Waals surface area (Å²) in [6, 6.07) is 0. The van der Waals surface area contributed by atoms with E-state index in [1.165, 1.54) is 0 Å². The fourth-order valence-corrected chi connectivity index (χ4v) is 2.42. The first-order chi connectivity index (χ1) is 8.66. The van der Waals surface area contributed by atoms with Gasteiger partial charge < -0.3 is 9.80 Å². The summed E-state index contributed by atoms with van der Waals surface area (Å²) in [6.07, 6.45) is 0. The number of nitrogens with zero attached hydrogens (tertiary/aromatic N) is 7. The molecule has 0 amide bonds. The lowest BCUT2D eigenvalue weighted by Gasteiger charge is -2.33. The third-order valence-electron chi connectivity index (χ3n) is 3.23. The summed E-state index contributed by atoms with van der Waals surface area (Å²) in [5.41, 5.74) is 1.60. The molecule has 0 bridgehead atoms. The molecule has 0 aromatic carbocycles. The van der Waals surface area contributed by atoms with Crippen LogP contribution in [0, 0.1) is 6.92 Å². The second-order valence-corrected chi connectivity index (χ2v) is 5.27. The number of piperazine rings is 1. The van der Waals surface area contributed by atoms with Gasteiger partial charge in [0.15, 0.2) is 5.82 Å². The quantitative estimate of drug-likeness (QED) is 0.757. The van der Waals surface area contributed by atoms with Gasteiger partial charge in [0.1, 0.15) is 4.60 Å². The van der Waals surface area contributed by atoms with E-state index >= 15 is 0 Å². The molecule has 3 heterocycles. The van der Waals surface area contributed by atoms with Gasteiger partial charge in [0.2, 0.25) is 5.65 Å². The molecule has 0 unspecified atom stereocenters. The highest BCUT2D eigenvalue weighted by Gasteiger charge is 2.21. The van der Waals surface area contributed by atoms with E-state index in [2.05, 4.69) is 53.3 Å². The number of aryl methyl sites for hydroxylation is 1. The molecule has 18 heavy (non-hydrogen) atoms. The van der Waals surface area contributed by atoms with Gasteiger partial charge in [-0.2, -0.15) is 4.52 Å². The van der Waals surface area contributed by atoms with Crippen molar-refractivity contribution in [1.82, 2.24) is 29.9 Å². The maximum Gasteiger partial charge on any atom is 0.223 e. The molecule has 8 heteroatoms. The average molecular weight is 312 g/mol. The minimum absolute atomic E-state index is 0.706. The Bertz CT molecular complexity index is 573. The van der Waals surface area contributed by atoms with Crippen LogP contribution in [0.2, 0.25) is 0 Å². The highest BCUT2D eigenvalue weighted by atomic mass is 79.9. The fraction of sp³-hybridized carbons (Fsp3) is 0.600. The maximum absolute atomic E-state index is 4.62. The summed E-state index contributed by atoms with van der Waals surface area (Å²) >= 11 is 3.46. The number of fused-ring (bicyclic) bond motifs is 1. The van der Waals surface area contributed by atoms with Crippen LogP contribution in [0.5, 0.6) is 0 Å². The van der Waals surface area contributed by atoms with E-state index in [1.807, 2.05) is 6.92 Å². The fourth-order valence-electron chi connectivity index (χ4n) is 2.10. The normalized spacial score (nSPS) is 17.6. The minimum atomic E-state index is 0.706. The number of tetrazole rings is 1. The summed E-state index contributed by atoms with van der Waals surface area (Å²) < 4.78 is 2.50. The standard InChI is InChI=1S/C10H14BrN7/c1-7-8(11)18-10(13-14-15-18)9(12-7)17-5-3-16(2)4-6-17/h3-6H2,1-2H3. The smallest absolute Gasteiger partial charge is 0.223 e. The zero-order valence-electron chi connectivity index (χ0n) is 10.3. The molecule has 1 aliphatic rings. The van der Waals surface area contributed by atoms with Crippen LogP contribution >= 0.6 is 15.9 Å². The van der Waals surface area contributed by atoms with Crippen molar-refractivity contribution in [3.8, 4) is 0 Å². The van der Waals surface area contributed by atoms with Gasteiger partial charge in [-0.1, -0.05) is 0 Å². The van der Waals surface area contributed by atoms with Crippen LogP contribution in [0.3, 0.4) is 0 Å². The van der Waals surface area contributed by atoms with E-state index in [1.54, 1.807) is 4.52 Å². The Balaban J connectivity index is 2.06. The first kappa shape index (κ1) is 11.8. The first-order valence-electron chi connectivity index (χ1n) is 5.84. The second kappa shape index (κ2) is 4.43. The van der Waals surface area contributed by atoms with E-state index < -0.39 is 0 Å². The van der Waals surface area contributed by atoms with Crippen LogP contribution in [-0.2, 0) is 0 Å². The Morgan fingerprint density at radius 3 is 2.61 bits per heavy atom. The molecule has 2 aromatic rings. The number of rotatable bonds is 1. The molecule has 1 aliphatic heterocycles. The van der Waals surface area contributed by atoms with Gasteiger partial charge in [0.25, 0.3) is 0 Å². The van der Waals surface area contributed by atoms with Gasteiger partial charge in [-0.3, -0.25) is 0 Å². The zero-order chi connectivity index (χ0) is 12.7. The van der Waals surface area contributed by atoms with Gasteiger partial charge >= 0.3 is 0 Å². The Hall–Kier alpha value is -1.28. The van der Waals surface area contributed by atoms with Crippen molar-refractivity contribution >= 4 is 27.4 Å². The lowest BCUT2D eigenvalue weighted by Crippen LogP contribution is -2.45. The average Bonchev–Trinajstić information content (AvgIpc) is 2.84. The molecule has 0 aliphatic carbocycles. The summed E-state index contributed by atoms with van der Waals surface area (Å²) in [4.78, 5) is 9.17. The molecular formula is C10H14BrN7. The van der Waals surface area contributed by atoms with Crippen molar-refractivity contribution in [2.45, 2.75) is 6.92 Å². The molecule has 0 N–H and O–H groups in total. The van der Waals surface area contributed by atoms with E-state index in [-0.39, 0.29) is 0 Å². The van der Waals surface area contributed by atoms with Crippen LogP contribution in [-0.4, -0.2) is 63.2 Å². The molecule has 7 nitrogen and oxygen atoms in total. The van der Waals surface area contributed by atoms with Crippen molar-refractivity contribution in [3.05, 3.63) is 10.3 Å². The molecule has 0 radical (unpaired) electrons. The summed E-state index contributed by atoms with van der Waals surface area (Å²) in [5.74, 6) is 0.869. The molecule has 1 fully saturated rings. The highest BCUT2D eigenvalue weighted by molar-refractivity contribution is 9.10. The Labute approximate surface area is 113 Å². The lowest BCUT2D eigenvalue weighted by molar-refractivity contribution is 0.312. The second-order valence-electron chi connectivity index (χ2n) is 4.52. The van der Waals surface area contributed by atoms with Crippen LogP contribution < -0.4 is 4.90 Å². The van der Waals surface area contributed by atoms with Gasteiger partial charge in [-0.15, -0.1) is 5.10 Å². The minimum Gasteiger partial charge on any atom is -0.351 e. The Morgan fingerprint density at radius 2 is 1.89 bits per heavy atom. The van der Waals surface area contributed by atoms with Crippen molar-refractivity contribution in [2.75, 3.05) is 38.1 Å². The largest absolute Gasteiger partial charge is 0.351 e. The molecule has 1 saturated heterocycles. The van der Waals surface area contributed by atoms with Gasteiger partial charge in [0, 0.05) is 26.2 Å². The Morgan fingerprint density at radius 1 is 1.17 bits per heavy atom. The molecular weight excluding hydrogens is 298 g/mol. The summed E-state index contributed by atoms with van der Waals surface area (Å²) in [7, 11) is 2.13. The third-order valence-corrected chi connectivity index (χ3v) is 4.14. The maximum atomic E-state index is 4.62. The molecule has 3 rings (SSSR count). The monoisotopic (exact) mass is 311 g/mol. The molecule has 0 atom stereocenters. The number of hydrogen-bond acceptors (Lipinski definition) is 6. The molecule has 0 spiro atoms. The van der Waals surface area contributed by atoms with Crippen LogP contribution in [0.1, 0.15) is 5.69 Å².